The highest BCUT2D eigenvalue weighted by Crippen LogP contribution is 2.31. The summed E-state index contributed by atoms with van der Waals surface area (Å²) in [4.78, 5) is 2.36. The van der Waals surface area contributed by atoms with Gasteiger partial charge in [0.1, 0.15) is 0 Å². The molecule has 1 atom stereocenters. The summed E-state index contributed by atoms with van der Waals surface area (Å²) in [6.45, 7) is 1.79. The van der Waals surface area contributed by atoms with E-state index >= 15 is 0 Å². The lowest BCUT2D eigenvalue weighted by Gasteiger charge is -2.27. The van der Waals surface area contributed by atoms with Crippen molar-refractivity contribution in [3.8, 4) is 0 Å². The SMILES string of the molecule is CC(O)c1ccc(N(C)C2CCCC2)cc1Br. The number of halogens is 1. The Kier molecular flexibility index (Phi) is 4.10. The zero-order valence-electron chi connectivity index (χ0n) is 10.5. The molecule has 1 aliphatic carbocycles. The van der Waals surface area contributed by atoms with E-state index in [2.05, 4.69) is 40.0 Å². The van der Waals surface area contributed by atoms with Crippen LogP contribution in [0.1, 0.15) is 44.3 Å². The van der Waals surface area contributed by atoms with Crippen LogP contribution in [0.5, 0.6) is 0 Å². The molecule has 0 saturated heterocycles. The van der Waals surface area contributed by atoms with Crippen LogP contribution in [0.4, 0.5) is 5.69 Å². The maximum atomic E-state index is 9.60. The second kappa shape index (κ2) is 5.40. The number of aliphatic hydroxyl groups is 1. The monoisotopic (exact) mass is 297 g/mol. The number of rotatable bonds is 3. The van der Waals surface area contributed by atoms with Crippen LogP contribution in [0.3, 0.4) is 0 Å². The van der Waals surface area contributed by atoms with Crippen LogP contribution in [0, 0.1) is 0 Å². The van der Waals surface area contributed by atoms with E-state index in [1.807, 2.05) is 6.07 Å². The summed E-state index contributed by atoms with van der Waals surface area (Å²) in [7, 11) is 2.17. The second-order valence-electron chi connectivity index (χ2n) is 4.93. The summed E-state index contributed by atoms with van der Waals surface area (Å²) in [6.07, 6.45) is 4.87. The van der Waals surface area contributed by atoms with Crippen molar-refractivity contribution in [2.24, 2.45) is 0 Å². The molecule has 1 aromatic carbocycles. The summed E-state index contributed by atoms with van der Waals surface area (Å²) < 4.78 is 0.995. The molecule has 0 aromatic heterocycles. The fourth-order valence-electron chi connectivity index (χ4n) is 2.58. The first kappa shape index (κ1) is 12.9. The molecule has 0 bridgehead atoms. The van der Waals surface area contributed by atoms with Crippen LogP contribution in [-0.2, 0) is 0 Å². The van der Waals surface area contributed by atoms with Gasteiger partial charge < -0.3 is 10.0 Å². The van der Waals surface area contributed by atoms with Crippen molar-refractivity contribution in [1.82, 2.24) is 0 Å². The predicted octanol–water partition coefficient (Wildman–Crippen LogP) is 3.88. The van der Waals surface area contributed by atoms with Gasteiger partial charge in [0.05, 0.1) is 6.10 Å². The first-order valence-electron chi connectivity index (χ1n) is 6.30. The third-order valence-electron chi connectivity index (χ3n) is 3.71. The lowest BCUT2D eigenvalue weighted by atomic mass is 10.1. The summed E-state index contributed by atoms with van der Waals surface area (Å²) in [5.74, 6) is 0. The molecule has 2 nitrogen and oxygen atoms in total. The Labute approximate surface area is 112 Å². The maximum Gasteiger partial charge on any atom is 0.0772 e. The Morgan fingerprint density at radius 3 is 2.53 bits per heavy atom. The van der Waals surface area contributed by atoms with Gasteiger partial charge in [-0.3, -0.25) is 0 Å². The van der Waals surface area contributed by atoms with Gasteiger partial charge >= 0.3 is 0 Å². The molecule has 1 saturated carbocycles. The van der Waals surface area contributed by atoms with Crippen molar-refractivity contribution in [1.29, 1.82) is 0 Å². The third kappa shape index (κ3) is 2.83. The highest BCUT2D eigenvalue weighted by atomic mass is 79.9. The van der Waals surface area contributed by atoms with Gasteiger partial charge in [-0.2, -0.15) is 0 Å². The third-order valence-corrected chi connectivity index (χ3v) is 4.40. The van der Waals surface area contributed by atoms with Crippen LogP contribution in [0.15, 0.2) is 22.7 Å². The average molecular weight is 298 g/mol. The minimum Gasteiger partial charge on any atom is -0.389 e. The molecule has 1 aliphatic rings. The van der Waals surface area contributed by atoms with Crippen molar-refractivity contribution in [2.75, 3.05) is 11.9 Å². The molecule has 94 valence electrons. The molecule has 0 amide bonds. The molecule has 0 aliphatic heterocycles. The van der Waals surface area contributed by atoms with Crippen molar-refractivity contribution in [3.05, 3.63) is 28.2 Å². The van der Waals surface area contributed by atoms with E-state index in [4.69, 9.17) is 0 Å². The van der Waals surface area contributed by atoms with Gasteiger partial charge in [-0.25, -0.2) is 0 Å². The van der Waals surface area contributed by atoms with Gasteiger partial charge in [-0.1, -0.05) is 34.8 Å². The molecule has 1 fully saturated rings. The molecule has 0 radical (unpaired) electrons. The Hall–Kier alpha value is -0.540. The molecular formula is C14H20BrNO. The molecule has 0 heterocycles. The lowest BCUT2D eigenvalue weighted by molar-refractivity contribution is 0.198. The first-order chi connectivity index (χ1) is 8.09. The molecule has 3 heteroatoms. The molecule has 0 spiro atoms. The Morgan fingerprint density at radius 2 is 2.00 bits per heavy atom. The van der Waals surface area contributed by atoms with Gasteiger partial charge in [0.15, 0.2) is 0 Å². The number of anilines is 1. The van der Waals surface area contributed by atoms with E-state index in [9.17, 15) is 5.11 Å². The normalized spacial score (nSPS) is 18.4. The lowest BCUT2D eigenvalue weighted by Crippen LogP contribution is -2.28. The number of nitrogens with zero attached hydrogens (tertiary/aromatic N) is 1. The second-order valence-corrected chi connectivity index (χ2v) is 5.79. The van der Waals surface area contributed by atoms with Crippen LogP contribution < -0.4 is 4.90 Å². The minimum atomic E-state index is -0.421. The zero-order chi connectivity index (χ0) is 12.4. The van der Waals surface area contributed by atoms with Crippen LogP contribution >= 0.6 is 15.9 Å². The summed E-state index contributed by atoms with van der Waals surface area (Å²) in [5.41, 5.74) is 2.18. The van der Waals surface area contributed by atoms with Crippen LogP contribution in [-0.4, -0.2) is 18.2 Å². The van der Waals surface area contributed by atoms with Gasteiger partial charge in [0, 0.05) is 23.2 Å². The predicted molar refractivity (Wildman–Crippen MR) is 75.4 cm³/mol. The number of aliphatic hydroxyl groups excluding tert-OH is 1. The number of hydrogen-bond acceptors (Lipinski definition) is 2. The average Bonchev–Trinajstić information content (AvgIpc) is 2.80. The van der Waals surface area contributed by atoms with E-state index in [1.165, 1.54) is 31.4 Å². The quantitative estimate of drug-likeness (QED) is 0.915. The van der Waals surface area contributed by atoms with Crippen molar-refractivity contribution < 1.29 is 5.11 Å². The van der Waals surface area contributed by atoms with Crippen molar-refractivity contribution in [3.63, 3.8) is 0 Å². The standard InChI is InChI=1S/C14H20BrNO/c1-10(17)13-8-7-12(9-14(13)15)16(2)11-5-3-4-6-11/h7-11,17H,3-6H2,1-2H3. The van der Waals surface area contributed by atoms with E-state index in [1.54, 1.807) is 6.92 Å². The molecule has 2 rings (SSSR count). The Balaban J connectivity index is 2.18. The molecule has 1 N–H and O–H groups in total. The fourth-order valence-corrected chi connectivity index (χ4v) is 3.27. The minimum absolute atomic E-state index is 0.421. The molecule has 1 unspecified atom stereocenters. The maximum absolute atomic E-state index is 9.60. The van der Waals surface area contributed by atoms with Gasteiger partial charge in [0.25, 0.3) is 0 Å². The summed E-state index contributed by atoms with van der Waals surface area (Å²) >= 11 is 3.54. The number of benzene rings is 1. The fraction of sp³-hybridized carbons (Fsp3) is 0.571. The van der Waals surface area contributed by atoms with Crippen molar-refractivity contribution in [2.45, 2.75) is 44.8 Å². The van der Waals surface area contributed by atoms with E-state index in [0.717, 1.165) is 10.0 Å². The van der Waals surface area contributed by atoms with Crippen LogP contribution in [0.2, 0.25) is 0 Å². The largest absolute Gasteiger partial charge is 0.389 e. The molecule has 1 aromatic rings. The van der Waals surface area contributed by atoms with Gasteiger partial charge in [-0.05, 0) is 37.5 Å². The summed E-state index contributed by atoms with van der Waals surface area (Å²) in [6, 6.07) is 6.90. The Morgan fingerprint density at radius 1 is 1.35 bits per heavy atom. The van der Waals surface area contributed by atoms with E-state index in [0.29, 0.717) is 6.04 Å². The topological polar surface area (TPSA) is 23.5 Å². The van der Waals surface area contributed by atoms with E-state index in [-0.39, 0.29) is 0 Å². The zero-order valence-corrected chi connectivity index (χ0v) is 12.1. The smallest absolute Gasteiger partial charge is 0.0772 e. The highest BCUT2D eigenvalue weighted by Gasteiger charge is 2.20. The van der Waals surface area contributed by atoms with Crippen LogP contribution in [0.25, 0.3) is 0 Å². The summed E-state index contributed by atoms with van der Waals surface area (Å²) in [5, 5.41) is 9.60. The first-order valence-corrected chi connectivity index (χ1v) is 7.09. The highest BCUT2D eigenvalue weighted by molar-refractivity contribution is 9.10. The van der Waals surface area contributed by atoms with Gasteiger partial charge in [-0.15, -0.1) is 0 Å². The van der Waals surface area contributed by atoms with Gasteiger partial charge in [0.2, 0.25) is 0 Å². The number of hydrogen-bond donors (Lipinski definition) is 1. The van der Waals surface area contributed by atoms with E-state index < -0.39 is 6.10 Å². The molecular weight excluding hydrogens is 278 g/mol. The van der Waals surface area contributed by atoms with Crippen molar-refractivity contribution >= 4 is 21.6 Å². The molecule has 17 heavy (non-hydrogen) atoms. The Bertz CT molecular complexity index is 386.